The first-order valence-corrected chi connectivity index (χ1v) is 8.12. The maximum atomic E-state index is 12.6. The number of rotatable bonds is 0. The highest BCUT2D eigenvalue weighted by Gasteiger charge is 2.15. The van der Waals surface area contributed by atoms with E-state index < -0.39 is 0 Å². The SMILES string of the molecule is O=c1nc2c3cccnc3ccn2c2c1CCCCCCC2. The zero-order chi connectivity index (χ0) is 14.9. The van der Waals surface area contributed by atoms with E-state index in [1.165, 1.54) is 19.3 Å². The Labute approximate surface area is 128 Å². The standard InChI is InChI=1S/C18H19N3O/c22-18-14-7-4-2-1-3-5-9-16(14)21-12-10-15-13(17(21)20-18)8-6-11-19-15/h6,8,10-12H,1-5,7,9H2. The van der Waals surface area contributed by atoms with Gasteiger partial charge in [0.2, 0.25) is 0 Å². The van der Waals surface area contributed by atoms with Gasteiger partial charge in [-0.05, 0) is 43.9 Å². The zero-order valence-corrected chi connectivity index (χ0v) is 12.6. The number of pyridine rings is 2. The summed E-state index contributed by atoms with van der Waals surface area (Å²) in [6.45, 7) is 0. The van der Waals surface area contributed by atoms with Crippen LogP contribution in [0.2, 0.25) is 0 Å². The van der Waals surface area contributed by atoms with Gasteiger partial charge >= 0.3 is 0 Å². The van der Waals surface area contributed by atoms with Gasteiger partial charge in [0, 0.05) is 29.0 Å². The summed E-state index contributed by atoms with van der Waals surface area (Å²) in [5, 5.41) is 0.949. The normalized spacial score (nSPS) is 16.0. The number of hydrogen-bond acceptors (Lipinski definition) is 3. The molecule has 3 aromatic rings. The summed E-state index contributed by atoms with van der Waals surface area (Å²) in [4.78, 5) is 21.3. The van der Waals surface area contributed by atoms with Gasteiger partial charge in [-0.3, -0.25) is 9.78 Å². The molecule has 22 heavy (non-hydrogen) atoms. The Morgan fingerprint density at radius 3 is 2.73 bits per heavy atom. The van der Waals surface area contributed by atoms with Gasteiger partial charge in [0.1, 0.15) is 0 Å². The fraction of sp³-hybridized carbons (Fsp3) is 0.389. The molecule has 0 saturated heterocycles. The van der Waals surface area contributed by atoms with Crippen LogP contribution in [0.15, 0.2) is 35.4 Å². The molecule has 4 heteroatoms. The van der Waals surface area contributed by atoms with Crippen LogP contribution in [-0.4, -0.2) is 14.4 Å². The minimum atomic E-state index is -0.0479. The highest BCUT2D eigenvalue weighted by molar-refractivity contribution is 5.91. The van der Waals surface area contributed by atoms with Gasteiger partial charge in [0.25, 0.3) is 5.56 Å². The van der Waals surface area contributed by atoms with Gasteiger partial charge in [-0.15, -0.1) is 0 Å². The highest BCUT2D eigenvalue weighted by atomic mass is 16.1. The predicted molar refractivity (Wildman–Crippen MR) is 87.3 cm³/mol. The van der Waals surface area contributed by atoms with Crippen LogP contribution < -0.4 is 5.56 Å². The molecule has 0 aromatic carbocycles. The van der Waals surface area contributed by atoms with E-state index in [1.54, 1.807) is 6.20 Å². The summed E-state index contributed by atoms with van der Waals surface area (Å²) in [5.74, 6) is 0. The second-order valence-electron chi connectivity index (χ2n) is 6.06. The summed E-state index contributed by atoms with van der Waals surface area (Å²) in [6, 6.07) is 5.91. The van der Waals surface area contributed by atoms with Crippen LogP contribution in [-0.2, 0) is 12.8 Å². The van der Waals surface area contributed by atoms with Crippen molar-refractivity contribution < 1.29 is 0 Å². The topological polar surface area (TPSA) is 47.3 Å². The lowest BCUT2D eigenvalue weighted by Crippen LogP contribution is -2.20. The van der Waals surface area contributed by atoms with Gasteiger partial charge in [0.15, 0.2) is 5.65 Å². The molecule has 0 atom stereocenters. The van der Waals surface area contributed by atoms with Crippen LogP contribution in [0.1, 0.15) is 43.4 Å². The second kappa shape index (κ2) is 5.52. The summed E-state index contributed by atoms with van der Waals surface area (Å²) in [5.41, 5.74) is 3.66. The number of aromatic nitrogens is 3. The van der Waals surface area contributed by atoms with Crippen molar-refractivity contribution in [2.45, 2.75) is 44.9 Å². The number of hydrogen-bond donors (Lipinski definition) is 0. The van der Waals surface area contributed by atoms with Crippen molar-refractivity contribution in [2.75, 3.05) is 0 Å². The molecule has 4 nitrogen and oxygen atoms in total. The van der Waals surface area contributed by atoms with Crippen LogP contribution in [0.5, 0.6) is 0 Å². The third-order valence-electron chi connectivity index (χ3n) is 4.63. The molecular formula is C18H19N3O. The van der Waals surface area contributed by atoms with Crippen LogP contribution in [0, 0.1) is 0 Å². The summed E-state index contributed by atoms with van der Waals surface area (Å²) in [7, 11) is 0. The molecule has 0 fully saturated rings. The van der Waals surface area contributed by atoms with Crippen molar-refractivity contribution in [3.8, 4) is 0 Å². The first-order valence-electron chi connectivity index (χ1n) is 8.12. The van der Waals surface area contributed by atoms with Crippen molar-refractivity contribution >= 4 is 16.6 Å². The summed E-state index contributed by atoms with van der Waals surface area (Å²) < 4.78 is 2.12. The molecule has 0 saturated carbocycles. The molecule has 3 heterocycles. The lowest BCUT2D eigenvalue weighted by molar-refractivity contribution is 0.627. The van der Waals surface area contributed by atoms with Gasteiger partial charge in [-0.1, -0.05) is 19.3 Å². The Bertz CT molecular complexity index is 898. The van der Waals surface area contributed by atoms with Crippen LogP contribution in [0.25, 0.3) is 16.6 Å². The van der Waals surface area contributed by atoms with E-state index >= 15 is 0 Å². The first-order chi connectivity index (χ1) is 10.8. The smallest absolute Gasteiger partial charge is 0.276 e. The maximum absolute atomic E-state index is 12.6. The van der Waals surface area contributed by atoms with Crippen molar-refractivity contribution in [2.24, 2.45) is 0 Å². The molecule has 1 aliphatic carbocycles. The molecule has 0 amide bonds. The van der Waals surface area contributed by atoms with Crippen LogP contribution in [0.4, 0.5) is 0 Å². The van der Waals surface area contributed by atoms with Crippen LogP contribution in [0.3, 0.4) is 0 Å². The number of nitrogens with zero attached hydrogens (tertiary/aromatic N) is 3. The quantitative estimate of drug-likeness (QED) is 0.598. The molecule has 3 aromatic heterocycles. The van der Waals surface area contributed by atoms with E-state index in [2.05, 4.69) is 14.4 Å². The lowest BCUT2D eigenvalue weighted by Gasteiger charge is -2.13. The second-order valence-corrected chi connectivity index (χ2v) is 6.06. The van der Waals surface area contributed by atoms with Crippen molar-refractivity contribution in [1.29, 1.82) is 0 Å². The fourth-order valence-corrected chi connectivity index (χ4v) is 3.50. The van der Waals surface area contributed by atoms with Crippen molar-refractivity contribution in [3.63, 3.8) is 0 Å². The van der Waals surface area contributed by atoms with Crippen molar-refractivity contribution in [3.05, 3.63) is 52.2 Å². The molecule has 0 spiro atoms. The first kappa shape index (κ1) is 13.4. The molecule has 0 N–H and O–H groups in total. The van der Waals surface area contributed by atoms with Crippen molar-refractivity contribution in [1.82, 2.24) is 14.4 Å². The summed E-state index contributed by atoms with van der Waals surface area (Å²) >= 11 is 0. The lowest BCUT2D eigenvalue weighted by atomic mass is 10.1. The molecule has 4 rings (SSSR count). The van der Waals surface area contributed by atoms with E-state index in [4.69, 9.17) is 0 Å². The zero-order valence-electron chi connectivity index (χ0n) is 12.6. The summed E-state index contributed by atoms with van der Waals surface area (Å²) in [6.07, 6.45) is 11.6. The Kier molecular flexibility index (Phi) is 3.37. The third-order valence-corrected chi connectivity index (χ3v) is 4.63. The van der Waals surface area contributed by atoms with Gasteiger partial charge in [0.05, 0.1) is 5.52 Å². The number of fused-ring (bicyclic) bond motifs is 5. The fourth-order valence-electron chi connectivity index (χ4n) is 3.50. The van der Waals surface area contributed by atoms with Gasteiger partial charge in [-0.2, -0.15) is 4.98 Å². The third kappa shape index (κ3) is 2.19. The molecule has 0 radical (unpaired) electrons. The number of aryl methyl sites for hydroxylation is 1. The largest absolute Gasteiger partial charge is 0.304 e. The minimum absolute atomic E-state index is 0.0479. The predicted octanol–water partition coefficient (Wildman–Crippen LogP) is 3.29. The molecule has 112 valence electrons. The highest BCUT2D eigenvalue weighted by Crippen LogP contribution is 2.21. The molecular weight excluding hydrogens is 274 g/mol. The molecule has 1 aliphatic rings. The van der Waals surface area contributed by atoms with Gasteiger partial charge in [-0.25, -0.2) is 0 Å². The molecule has 0 unspecified atom stereocenters. The monoisotopic (exact) mass is 293 g/mol. The maximum Gasteiger partial charge on any atom is 0.276 e. The van der Waals surface area contributed by atoms with Gasteiger partial charge < -0.3 is 4.40 Å². The van der Waals surface area contributed by atoms with E-state index in [0.29, 0.717) is 0 Å². The Balaban J connectivity index is 2.05. The van der Waals surface area contributed by atoms with Crippen LogP contribution >= 0.6 is 0 Å². The van der Waals surface area contributed by atoms with E-state index in [0.717, 1.165) is 53.5 Å². The minimum Gasteiger partial charge on any atom is -0.304 e. The Morgan fingerprint density at radius 1 is 1.00 bits per heavy atom. The average Bonchev–Trinajstić information content (AvgIpc) is 2.67. The Morgan fingerprint density at radius 2 is 1.82 bits per heavy atom. The Hall–Kier alpha value is -2.23. The van der Waals surface area contributed by atoms with E-state index in [9.17, 15) is 4.79 Å². The molecule has 0 aliphatic heterocycles. The van der Waals surface area contributed by atoms with E-state index in [1.807, 2.05) is 24.4 Å². The molecule has 0 bridgehead atoms. The average molecular weight is 293 g/mol. The van der Waals surface area contributed by atoms with E-state index in [-0.39, 0.29) is 5.56 Å².